The number of hydrogen-bond acceptors (Lipinski definition) is 5. The van der Waals surface area contributed by atoms with Gasteiger partial charge >= 0.3 is 0 Å². The normalized spacial score (nSPS) is 25.5. The van der Waals surface area contributed by atoms with Gasteiger partial charge in [-0.2, -0.15) is 0 Å². The van der Waals surface area contributed by atoms with E-state index >= 15 is 0 Å². The molecule has 7 rings (SSSR count). The van der Waals surface area contributed by atoms with Gasteiger partial charge in [-0.3, -0.25) is 24.3 Å². The average Bonchev–Trinajstić information content (AvgIpc) is 3.50. The Labute approximate surface area is 224 Å². The lowest BCUT2D eigenvalue weighted by molar-refractivity contribution is -0.123. The molecule has 4 aromatic rings. The summed E-state index contributed by atoms with van der Waals surface area (Å²) in [5.41, 5.74) is 1.96. The van der Waals surface area contributed by atoms with Crippen molar-refractivity contribution in [2.45, 2.75) is 32.4 Å². The molecule has 0 radical (unpaired) electrons. The minimum absolute atomic E-state index is 0.0347. The number of hydrogen-bond donors (Lipinski definition) is 1. The van der Waals surface area contributed by atoms with Crippen LogP contribution < -0.4 is 15.8 Å². The maximum atomic E-state index is 14.5. The van der Waals surface area contributed by atoms with E-state index in [0.717, 1.165) is 11.1 Å². The van der Waals surface area contributed by atoms with Crippen LogP contribution in [-0.4, -0.2) is 27.4 Å². The van der Waals surface area contributed by atoms with Crippen molar-refractivity contribution in [2.75, 3.05) is 4.90 Å². The number of nitrogens with one attached hydrogen (secondary N) is 1. The number of carbonyl (C=O) groups excluding carboxylic acids is 2. The summed E-state index contributed by atoms with van der Waals surface area (Å²) in [5, 5.41) is 4.67. The van der Waals surface area contributed by atoms with Crippen LogP contribution >= 0.6 is 11.6 Å². The van der Waals surface area contributed by atoms with Gasteiger partial charge in [0.25, 0.3) is 5.56 Å². The van der Waals surface area contributed by atoms with Gasteiger partial charge in [-0.05, 0) is 48.7 Å². The number of aryl methyl sites for hydroxylation is 1. The first-order chi connectivity index (χ1) is 18.3. The van der Waals surface area contributed by atoms with Crippen molar-refractivity contribution in [3.05, 3.63) is 99.1 Å². The van der Waals surface area contributed by atoms with Crippen molar-refractivity contribution in [2.24, 2.45) is 17.8 Å². The molecule has 2 fully saturated rings. The van der Waals surface area contributed by atoms with Gasteiger partial charge in [0.05, 0.1) is 34.1 Å². The molecule has 1 aromatic heterocycles. The Morgan fingerprint density at radius 1 is 0.947 bits per heavy atom. The van der Waals surface area contributed by atoms with E-state index in [1.165, 1.54) is 4.90 Å². The number of fused-ring (bicyclic) bond motifs is 8. The van der Waals surface area contributed by atoms with Gasteiger partial charge in [0.1, 0.15) is 11.4 Å². The van der Waals surface area contributed by atoms with E-state index in [4.69, 9.17) is 16.6 Å². The molecule has 4 heterocycles. The van der Waals surface area contributed by atoms with E-state index in [1.54, 1.807) is 22.8 Å². The van der Waals surface area contributed by atoms with Gasteiger partial charge in [-0.25, -0.2) is 9.88 Å². The lowest BCUT2D eigenvalue weighted by Crippen LogP contribution is -2.51. The highest BCUT2D eigenvalue weighted by atomic mass is 35.5. The first kappa shape index (κ1) is 23.3. The average molecular weight is 525 g/mol. The smallest absolute Gasteiger partial charge is 0.266 e. The maximum Gasteiger partial charge on any atom is 0.266 e. The van der Waals surface area contributed by atoms with Gasteiger partial charge in [0.15, 0.2) is 0 Å². The fourth-order valence-corrected chi connectivity index (χ4v) is 6.95. The molecule has 0 saturated carbocycles. The predicted octanol–water partition coefficient (Wildman–Crippen LogP) is 4.34. The SMILES string of the molecule is Cc1ccc(Cl)cc1N1C(=O)[C@H]2[C@@H](C(C)C)N[C@]3(c4ccccc4-n4c3nc3ccccc3c4=O)[C@H]2C1=O. The molecule has 38 heavy (non-hydrogen) atoms. The number of benzene rings is 3. The van der Waals surface area contributed by atoms with Gasteiger partial charge in [-0.15, -0.1) is 0 Å². The Bertz CT molecular complexity index is 1760. The monoisotopic (exact) mass is 524 g/mol. The van der Waals surface area contributed by atoms with Crippen LogP contribution in [0, 0.1) is 24.7 Å². The lowest BCUT2D eigenvalue weighted by Gasteiger charge is -2.32. The Morgan fingerprint density at radius 2 is 1.68 bits per heavy atom. The number of amides is 2. The molecule has 2 amide bonds. The summed E-state index contributed by atoms with van der Waals surface area (Å²) in [4.78, 5) is 48.8. The number of aromatic nitrogens is 2. The van der Waals surface area contributed by atoms with Crippen molar-refractivity contribution < 1.29 is 9.59 Å². The second-order valence-electron chi connectivity index (χ2n) is 10.8. The molecule has 4 atom stereocenters. The van der Waals surface area contributed by atoms with Crippen molar-refractivity contribution >= 4 is 40.0 Å². The third-order valence-corrected chi connectivity index (χ3v) is 8.66. The molecular weight excluding hydrogens is 500 g/mol. The molecule has 8 heteroatoms. The number of nitrogens with zero attached hydrogens (tertiary/aromatic N) is 3. The summed E-state index contributed by atoms with van der Waals surface area (Å²) in [6, 6.07) is 19.7. The number of imide groups is 1. The lowest BCUT2D eigenvalue weighted by atomic mass is 9.75. The summed E-state index contributed by atoms with van der Waals surface area (Å²) in [7, 11) is 0. The quantitative estimate of drug-likeness (QED) is 0.394. The van der Waals surface area contributed by atoms with Crippen LogP contribution in [0.3, 0.4) is 0 Å². The predicted molar refractivity (Wildman–Crippen MR) is 146 cm³/mol. The van der Waals surface area contributed by atoms with E-state index in [-0.39, 0.29) is 29.3 Å². The molecule has 1 spiro atoms. The first-order valence-corrected chi connectivity index (χ1v) is 13.2. The molecule has 2 saturated heterocycles. The Kier molecular flexibility index (Phi) is 4.82. The highest BCUT2D eigenvalue weighted by Crippen LogP contribution is 2.56. The summed E-state index contributed by atoms with van der Waals surface area (Å²) in [6.45, 7) is 5.95. The van der Waals surface area contributed by atoms with Gasteiger partial charge in [-0.1, -0.05) is 61.8 Å². The summed E-state index contributed by atoms with van der Waals surface area (Å²) in [5.74, 6) is -1.51. The van der Waals surface area contributed by atoms with Crippen molar-refractivity contribution in [3.63, 3.8) is 0 Å². The minimum atomic E-state index is -1.15. The summed E-state index contributed by atoms with van der Waals surface area (Å²) < 4.78 is 1.62. The second-order valence-corrected chi connectivity index (χ2v) is 11.2. The molecule has 3 aromatic carbocycles. The zero-order valence-corrected chi connectivity index (χ0v) is 21.9. The first-order valence-electron chi connectivity index (χ1n) is 12.8. The van der Waals surface area contributed by atoms with Crippen molar-refractivity contribution in [1.82, 2.24) is 14.9 Å². The number of halogens is 1. The van der Waals surface area contributed by atoms with E-state index in [2.05, 4.69) is 5.32 Å². The standard InChI is InChI=1S/C30H25ClN4O3/c1-15(2)25-23-24(28(38)34(27(23)37)22-14-17(31)13-12-16(22)3)30(33-25)19-9-5-7-11-21(19)35-26(36)18-8-4-6-10-20(18)32-29(30)35/h4-15,23-25,33H,1-3H3/t23-,24-,25-,30-/m1/s1. The van der Waals surface area contributed by atoms with E-state index in [0.29, 0.717) is 33.1 Å². The zero-order chi connectivity index (χ0) is 26.5. The number of rotatable bonds is 2. The van der Waals surface area contributed by atoms with Crippen LogP contribution in [0.25, 0.3) is 16.6 Å². The topological polar surface area (TPSA) is 84.3 Å². The van der Waals surface area contributed by atoms with Gasteiger partial charge in [0.2, 0.25) is 11.8 Å². The maximum absolute atomic E-state index is 14.5. The summed E-state index contributed by atoms with van der Waals surface area (Å²) >= 11 is 6.31. The molecular formula is C30H25ClN4O3. The molecule has 0 bridgehead atoms. The fourth-order valence-electron chi connectivity index (χ4n) is 6.79. The molecule has 1 N–H and O–H groups in total. The molecule has 190 valence electrons. The van der Waals surface area contributed by atoms with Gasteiger partial charge < -0.3 is 0 Å². The Balaban J connectivity index is 1.54. The number of para-hydroxylation sites is 2. The van der Waals surface area contributed by atoms with E-state index in [1.807, 2.05) is 69.3 Å². The van der Waals surface area contributed by atoms with Crippen LogP contribution in [0.1, 0.15) is 30.8 Å². The van der Waals surface area contributed by atoms with Crippen molar-refractivity contribution in [3.8, 4) is 5.69 Å². The minimum Gasteiger partial charge on any atom is -0.296 e. The van der Waals surface area contributed by atoms with Crippen LogP contribution in [0.4, 0.5) is 5.69 Å². The number of carbonyl (C=O) groups is 2. The van der Waals surface area contributed by atoms with Crippen LogP contribution in [0.15, 0.2) is 71.5 Å². The van der Waals surface area contributed by atoms with E-state index < -0.39 is 17.4 Å². The molecule has 3 aliphatic heterocycles. The van der Waals surface area contributed by atoms with E-state index in [9.17, 15) is 14.4 Å². The van der Waals surface area contributed by atoms with Crippen LogP contribution in [0.2, 0.25) is 5.02 Å². The van der Waals surface area contributed by atoms with Crippen molar-refractivity contribution in [1.29, 1.82) is 0 Å². The second kappa shape index (κ2) is 7.85. The Morgan fingerprint density at radius 3 is 2.47 bits per heavy atom. The fraction of sp³-hybridized carbons (Fsp3) is 0.267. The molecule has 0 aliphatic carbocycles. The summed E-state index contributed by atoms with van der Waals surface area (Å²) in [6.07, 6.45) is 0. The zero-order valence-electron chi connectivity index (χ0n) is 21.1. The molecule has 0 unspecified atom stereocenters. The molecule has 3 aliphatic rings. The highest BCUT2D eigenvalue weighted by molar-refractivity contribution is 6.31. The van der Waals surface area contributed by atoms with Crippen LogP contribution in [0.5, 0.6) is 0 Å². The largest absolute Gasteiger partial charge is 0.296 e. The Hall–Kier alpha value is -3.81. The number of anilines is 1. The third kappa shape index (κ3) is 2.78. The van der Waals surface area contributed by atoms with Crippen LogP contribution in [-0.2, 0) is 15.1 Å². The van der Waals surface area contributed by atoms with Gasteiger partial charge in [0, 0.05) is 16.6 Å². The third-order valence-electron chi connectivity index (χ3n) is 8.43. The molecule has 7 nitrogen and oxygen atoms in total. The highest BCUT2D eigenvalue weighted by Gasteiger charge is 2.70.